The lowest BCUT2D eigenvalue weighted by atomic mass is 10.1. The minimum atomic E-state index is 0.569. The van der Waals surface area contributed by atoms with Crippen LogP contribution in [0.4, 0.5) is 0 Å². The molecule has 0 amide bonds. The lowest BCUT2D eigenvalue weighted by Crippen LogP contribution is -2.47. The summed E-state index contributed by atoms with van der Waals surface area (Å²) in [6.07, 6.45) is 3.58. The van der Waals surface area contributed by atoms with Crippen molar-refractivity contribution in [2.75, 3.05) is 58.9 Å². The van der Waals surface area contributed by atoms with Crippen LogP contribution in [0.25, 0.3) is 0 Å². The van der Waals surface area contributed by atoms with E-state index in [4.69, 9.17) is 5.73 Å². The van der Waals surface area contributed by atoms with E-state index in [1.807, 2.05) is 0 Å². The van der Waals surface area contributed by atoms with E-state index in [1.54, 1.807) is 11.3 Å². The van der Waals surface area contributed by atoms with E-state index in [9.17, 15) is 0 Å². The minimum absolute atomic E-state index is 0.569. The molecule has 0 spiro atoms. The van der Waals surface area contributed by atoms with Crippen molar-refractivity contribution in [2.24, 2.45) is 17.6 Å². The molecule has 1 fully saturated rings. The van der Waals surface area contributed by atoms with E-state index in [0.29, 0.717) is 6.54 Å². The Morgan fingerprint density at radius 1 is 1.00 bits per heavy atom. The standard InChI is InChI=1S/C22H43N5S/c1-19(2)16-27(17-20(3)4)10-6-9-26-13-11-25(12-14-26)8-5-7-21-18-28-22(15-23)24-21/h18-20H,5-17,23H2,1-4H3. The topological polar surface area (TPSA) is 48.6 Å². The fourth-order valence-corrected chi connectivity index (χ4v) is 4.79. The van der Waals surface area contributed by atoms with Gasteiger partial charge >= 0.3 is 0 Å². The van der Waals surface area contributed by atoms with Crippen molar-refractivity contribution in [2.45, 2.75) is 53.5 Å². The van der Waals surface area contributed by atoms with Gasteiger partial charge in [0.25, 0.3) is 0 Å². The zero-order chi connectivity index (χ0) is 20.4. The van der Waals surface area contributed by atoms with Gasteiger partial charge in [-0.2, -0.15) is 0 Å². The molecule has 0 radical (unpaired) electrons. The summed E-state index contributed by atoms with van der Waals surface area (Å²) in [6.45, 7) is 20.9. The molecule has 0 saturated carbocycles. The molecule has 0 bridgehead atoms. The number of aromatic nitrogens is 1. The normalized spacial score (nSPS) is 16.7. The highest BCUT2D eigenvalue weighted by Crippen LogP contribution is 2.12. The van der Waals surface area contributed by atoms with Gasteiger partial charge in [0.05, 0.1) is 5.69 Å². The Balaban J connectivity index is 1.57. The van der Waals surface area contributed by atoms with E-state index in [-0.39, 0.29) is 0 Å². The molecule has 28 heavy (non-hydrogen) atoms. The molecule has 162 valence electrons. The maximum Gasteiger partial charge on any atom is 0.106 e. The van der Waals surface area contributed by atoms with Gasteiger partial charge in [-0.15, -0.1) is 11.3 Å². The van der Waals surface area contributed by atoms with Crippen LogP contribution in [0.15, 0.2) is 5.38 Å². The van der Waals surface area contributed by atoms with Gasteiger partial charge in [0.1, 0.15) is 5.01 Å². The van der Waals surface area contributed by atoms with Crippen molar-refractivity contribution >= 4 is 11.3 Å². The molecule has 1 aromatic heterocycles. The summed E-state index contributed by atoms with van der Waals surface area (Å²) < 4.78 is 0. The maximum absolute atomic E-state index is 5.65. The first-order valence-electron chi connectivity index (χ1n) is 11.3. The van der Waals surface area contributed by atoms with Gasteiger partial charge in [-0.1, -0.05) is 27.7 Å². The Morgan fingerprint density at radius 2 is 1.57 bits per heavy atom. The summed E-state index contributed by atoms with van der Waals surface area (Å²) in [4.78, 5) is 12.5. The first kappa shape index (κ1) is 23.7. The van der Waals surface area contributed by atoms with Crippen molar-refractivity contribution in [3.63, 3.8) is 0 Å². The molecule has 0 unspecified atom stereocenters. The third kappa shape index (κ3) is 9.31. The summed E-state index contributed by atoms with van der Waals surface area (Å²) in [7, 11) is 0. The number of thiazole rings is 1. The fraction of sp³-hybridized carbons (Fsp3) is 0.864. The first-order valence-corrected chi connectivity index (χ1v) is 12.1. The molecule has 1 aliphatic heterocycles. The summed E-state index contributed by atoms with van der Waals surface area (Å²) in [5.41, 5.74) is 6.87. The predicted octanol–water partition coefficient (Wildman–Crippen LogP) is 3.16. The van der Waals surface area contributed by atoms with Gasteiger partial charge in [-0.25, -0.2) is 4.98 Å². The number of rotatable bonds is 13. The zero-order valence-corrected chi connectivity index (χ0v) is 19.5. The molecule has 0 atom stereocenters. The van der Waals surface area contributed by atoms with Crippen molar-refractivity contribution in [1.82, 2.24) is 19.7 Å². The highest BCUT2D eigenvalue weighted by molar-refractivity contribution is 7.09. The highest BCUT2D eigenvalue weighted by atomic mass is 32.1. The Kier molecular flexibility index (Phi) is 10.9. The van der Waals surface area contributed by atoms with Crippen molar-refractivity contribution in [3.8, 4) is 0 Å². The lowest BCUT2D eigenvalue weighted by Gasteiger charge is -2.35. The minimum Gasteiger partial charge on any atom is -0.325 e. The average molecular weight is 410 g/mol. The van der Waals surface area contributed by atoms with E-state index in [2.05, 4.69) is 52.8 Å². The van der Waals surface area contributed by atoms with Crippen molar-refractivity contribution in [3.05, 3.63) is 16.1 Å². The Bertz CT molecular complexity index is 513. The Hall–Kier alpha value is -0.530. The van der Waals surface area contributed by atoms with Gasteiger partial charge in [0.15, 0.2) is 0 Å². The van der Waals surface area contributed by atoms with Crippen LogP contribution in [0.1, 0.15) is 51.2 Å². The molecular weight excluding hydrogens is 366 g/mol. The number of nitrogens with zero attached hydrogens (tertiary/aromatic N) is 4. The smallest absolute Gasteiger partial charge is 0.106 e. The summed E-state index contributed by atoms with van der Waals surface area (Å²) in [5.74, 6) is 1.52. The second kappa shape index (κ2) is 12.9. The SMILES string of the molecule is CC(C)CN(CCCN1CCN(CCCc2csc(CN)n2)CC1)CC(C)C. The summed E-state index contributed by atoms with van der Waals surface area (Å²) in [5, 5.41) is 3.23. The number of hydrogen-bond donors (Lipinski definition) is 1. The molecule has 2 N–H and O–H groups in total. The van der Waals surface area contributed by atoms with Crippen LogP contribution in [-0.4, -0.2) is 78.6 Å². The van der Waals surface area contributed by atoms with E-state index >= 15 is 0 Å². The van der Waals surface area contributed by atoms with E-state index < -0.39 is 0 Å². The van der Waals surface area contributed by atoms with Crippen LogP contribution >= 0.6 is 11.3 Å². The number of nitrogens with two attached hydrogens (primary N) is 1. The van der Waals surface area contributed by atoms with Gasteiger partial charge in [-0.05, 0) is 50.7 Å². The lowest BCUT2D eigenvalue weighted by molar-refractivity contribution is 0.123. The van der Waals surface area contributed by atoms with Gasteiger partial charge in [0, 0.05) is 51.2 Å². The van der Waals surface area contributed by atoms with Crippen molar-refractivity contribution < 1.29 is 0 Å². The molecule has 2 heterocycles. The van der Waals surface area contributed by atoms with Gasteiger partial charge in [-0.3, -0.25) is 0 Å². The Labute approximate surface area is 177 Å². The monoisotopic (exact) mass is 409 g/mol. The molecular formula is C22H43N5S. The van der Waals surface area contributed by atoms with Crippen LogP contribution in [-0.2, 0) is 13.0 Å². The maximum atomic E-state index is 5.65. The Morgan fingerprint density at radius 3 is 2.07 bits per heavy atom. The second-order valence-corrected chi connectivity index (χ2v) is 10.1. The molecule has 2 rings (SSSR count). The van der Waals surface area contributed by atoms with Gasteiger partial charge in [0.2, 0.25) is 0 Å². The molecule has 0 aliphatic carbocycles. The van der Waals surface area contributed by atoms with Crippen LogP contribution in [0, 0.1) is 11.8 Å². The summed E-state index contributed by atoms with van der Waals surface area (Å²) in [6, 6.07) is 0. The zero-order valence-electron chi connectivity index (χ0n) is 18.7. The first-order chi connectivity index (χ1) is 13.5. The number of piperazine rings is 1. The molecule has 1 saturated heterocycles. The number of hydrogen-bond acceptors (Lipinski definition) is 6. The highest BCUT2D eigenvalue weighted by Gasteiger charge is 2.17. The van der Waals surface area contributed by atoms with Crippen LogP contribution in [0.5, 0.6) is 0 Å². The molecule has 6 heteroatoms. The fourth-order valence-electron chi connectivity index (χ4n) is 4.09. The van der Waals surface area contributed by atoms with E-state index in [0.717, 1.165) is 23.3 Å². The van der Waals surface area contributed by atoms with Crippen LogP contribution < -0.4 is 5.73 Å². The van der Waals surface area contributed by atoms with E-state index in [1.165, 1.54) is 77.4 Å². The third-order valence-corrected chi connectivity index (χ3v) is 6.26. The van der Waals surface area contributed by atoms with Crippen LogP contribution in [0.2, 0.25) is 0 Å². The quantitative estimate of drug-likeness (QED) is 0.542. The molecule has 0 aromatic carbocycles. The molecule has 1 aromatic rings. The predicted molar refractivity (Wildman–Crippen MR) is 122 cm³/mol. The average Bonchev–Trinajstić information content (AvgIpc) is 3.10. The van der Waals surface area contributed by atoms with Gasteiger partial charge < -0.3 is 20.4 Å². The molecule has 1 aliphatic rings. The van der Waals surface area contributed by atoms with Crippen LogP contribution in [0.3, 0.4) is 0 Å². The largest absolute Gasteiger partial charge is 0.325 e. The molecule has 5 nitrogen and oxygen atoms in total. The summed E-state index contributed by atoms with van der Waals surface area (Å²) >= 11 is 1.69. The van der Waals surface area contributed by atoms with Crippen molar-refractivity contribution in [1.29, 1.82) is 0 Å². The third-order valence-electron chi connectivity index (χ3n) is 5.34. The second-order valence-electron chi connectivity index (χ2n) is 9.12. The number of aryl methyl sites for hydroxylation is 1.